The zero-order chi connectivity index (χ0) is 15.1. The van der Waals surface area contributed by atoms with Crippen LogP contribution in [0, 0.1) is 5.92 Å². The Hall–Kier alpha value is -0.880. The Kier molecular flexibility index (Phi) is 7.29. The van der Waals surface area contributed by atoms with Crippen LogP contribution in [0.3, 0.4) is 0 Å². The number of hydrogen-bond acceptors (Lipinski definition) is 1. The topological polar surface area (TPSA) is 37.3 Å². The molecule has 0 aromatic heterocycles. The first-order chi connectivity index (χ1) is 8.60. The second-order valence-corrected chi connectivity index (χ2v) is 4.62. The van der Waals surface area contributed by atoms with Gasteiger partial charge >= 0.3 is 12.1 Å². The monoisotopic (exact) mass is 290 g/mol. The maximum absolute atomic E-state index is 13.6. The molecule has 0 aromatic carbocycles. The molecule has 0 fully saturated rings. The molecule has 0 amide bonds. The fourth-order valence-corrected chi connectivity index (χ4v) is 1.81. The molecule has 0 aliphatic rings. The van der Waals surface area contributed by atoms with E-state index in [1.54, 1.807) is 0 Å². The van der Waals surface area contributed by atoms with Crippen LogP contribution in [0.1, 0.15) is 51.9 Å². The second kappa shape index (κ2) is 7.65. The smallest absolute Gasteiger partial charge is 0.389 e. The van der Waals surface area contributed by atoms with Crippen molar-refractivity contribution in [3.63, 3.8) is 0 Å². The molecule has 0 radical (unpaired) electrons. The van der Waals surface area contributed by atoms with E-state index in [-0.39, 0.29) is 6.42 Å². The summed E-state index contributed by atoms with van der Waals surface area (Å²) in [6.07, 6.45) is -6.09. The van der Waals surface area contributed by atoms with Crippen LogP contribution in [0.25, 0.3) is 0 Å². The number of hydrogen-bond donors (Lipinski definition) is 1. The van der Waals surface area contributed by atoms with Crippen LogP contribution >= 0.6 is 0 Å². The van der Waals surface area contributed by atoms with Crippen molar-refractivity contribution in [2.45, 2.75) is 64.0 Å². The molecule has 1 N–H and O–H groups in total. The van der Waals surface area contributed by atoms with Crippen LogP contribution in [0.5, 0.6) is 0 Å². The molecule has 0 bridgehead atoms. The van der Waals surface area contributed by atoms with Gasteiger partial charge in [-0.1, -0.05) is 26.2 Å². The number of unbranched alkanes of at least 4 members (excludes halogenated alkanes) is 2. The Morgan fingerprint density at radius 3 is 2.05 bits per heavy atom. The summed E-state index contributed by atoms with van der Waals surface area (Å²) >= 11 is 0. The highest BCUT2D eigenvalue weighted by Crippen LogP contribution is 2.35. The average molecular weight is 290 g/mol. The standard InChI is InChI=1S/C12H19F5O2/c1-2-3-4-6-9(10(18)19)11(13,14)7-5-8-12(15,16)17/h9H,2-8H2,1H3,(H,18,19). The van der Waals surface area contributed by atoms with Gasteiger partial charge in [-0.15, -0.1) is 0 Å². The lowest BCUT2D eigenvalue weighted by Gasteiger charge is -2.23. The SMILES string of the molecule is CCCCCC(C(=O)O)C(F)(F)CCCC(F)(F)F. The third-order valence-electron chi connectivity index (χ3n) is 2.87. The van der Waals surface area contributed by atoms with Crippen molar-refractivity contribution in [3.8, 4) is 0 Å². The number of aliphatic carboxylic acids is 1. The quantitative estimate of drug-likeness (QED) is 0.496. The molecule has 1 atom stereocenters. The first-order valence-corrected chi connectivity index (χ1v) is 6.27. The minimum Gasteiger partial charge on any atom is -0.481 e. The third-order valence-corrected chi connectivity index (χ3v) is 2.87. The molecule has 0 saturated heterocycles. The molecule has 0 aliphatic heterocycles. The van der Waals surface area contributed by atoms with E-state index in [1.807, 2.05) is 6.92 Å². The summed E-state index contributed by atoms with van der Waals surface area (Å²) in [4.78, 5) is 10.8. The molecule has 114 valence electrons. The van der Waals surface area contributed by atoms with Gasteiger partial charge in [-0.2, -0.15) is 13.2 Å². The first kappa shape index (κ1) is 18.1. The summed E-state index contributed by atoms with van der Waals surface area (Å²) in [7, 11) is 0. The summed E-state index contributed by atoms with van der Waals surface area (Å²) in [5, 5.41) is 8.77. The number of carboxylic acid groups (broad SMARTS) is 1. The van der Waals surface area contributed by atoms with Crippen molar-refractivity contribution in [1.29, 1.82) is 0 Å². The van der Waals surface area contributed by atoms with Crippen molar-refractivity contribution >= 4 is 5.97 Å². The van der Waals surface area contributed by atoms with Crippen molar-refractivity contribution in [2.24, 2.45) is 5.92 Å². The summed E-state index contributed by atoms with van der Waals surface area (Å²) in [6, 6.07) is 0. The lowest BCUT2D eigenvalue weighted by atomic mass is 9.91. The second-order valence-electron chi connectivity index (χ2n) is 4.62. The first-order valence-electron chi connectivity index (χ1n) is 6.27. The maximum atomic E-state index is 13.6. The van der Waals surface area contributed by atoms with Gasteiger partial charge in [0.15, 0.2) is 0 Å². The van der Waals surface area contributed by atoms with Crippen molar-refractivity contribution in [3.05, 3.63) is 0 Å². The highest BCUT2D eigenvalue weighted by molar-refractivity contribution is 5.71. The third kappa shape index (κ3) is 8.00. The zero-order valence-corrected chi connectivity index (χ0v) is 10.8. The minimum atomic E-state index is -4.49. The summed E-state index contributed by atoms with van der Waals surface area (Å²) in [5.74, 6) is -7.13. The van der Waals surface area contributed by atoms with E-state index in [0.717, 1.165) is 6.42 Å². The van der Waals surface area contributed by atoms with Crippen LogP contribution in [0.4, 0.5) is 22.0 Å². The van der Waals surface area contributed by atoms with Crippen LogP contribution < -0.4 is 0 Å². The lowest BCUT2D eigenvalue weighted by molar-refractivity contribution is -0.161. The molecule has 0 rings (SSSR count). The molecular weight excluding hydrogens is 271 g/mol. The van der Waals surface area contributed by atoms with Crippen molar-refractivity contribution in [2.75, 3.05) is 0 Å². The minimum absolute atomic E-state index is 0.206. The average Bonchev–Trinajstić information content (AvgIpc) is 2.21. The summed E-state index contributed by atoms with van der Waals surface area (Å²) in [6.45, 7) is 1.84. The van der Waals surface area contributed by atoms with Crippen LogP contribution in [0.2, 0.25) is 0 Å². The molecule has 7 heteroatoms. The van der Waals surface area contributed by atoms with Crippen molar-refractivity contribution < 1.29 is 31.9 Å². The Balaban J connectivity index is 4.39. The lowest BCUT2D eigenvalue weighted by Crippen LogP contribution is -2.34. The number of halogens is 5. The van der Waals surface area contributed by atoms with Gasteiger partial charge in [-0.05, 0) is 12.8 Å². The number of alkyl halides is 5. The van der Waals surface area contributed by atoms with Gasteiger partial charge in [0, 0.05) is 12.8 Å². The van der Waals surface area contributed by atoms with Gasteiger partial charge in [0.05, 0.1) is 0 Å². The number of rotatable bonds is 9. The van der Waals surface area contributed by atoms with Gasteiger partial charge < -0.3 is 5.11 Å². The molecule has 2 nitrogen and oxygen atoms in total. The molecule has 0 spiro atoms. The molecule has 0 saturated carbocycles. The molecule has 0 aliphatic carbocycles. The molecule has 0 heterocycles. The highest BCUT2D eigenvalue weighted by atomic mass is 19.4. The van der Waals surface area contributed by atoms with Crippen molar-refractivity contribution in [1.82, 2.24) is 0 Å². The van der Waals surface area contributed by atoms with E-state index in [1.165, 1.54) is 0 Å². The van der Waals surface area contributed by atoms with E-state index < -0.39 is 43.2 Å². The van der Waals surface area contributed by atoms with Gasteiger partial charge in [-0.25, -0.2) is 8.78 Å². The number of carboxylic acids is 1. The Morgan fingerprint density at radius 2 is 1.63 bits per heavy atom. The van der Waals surface area contributed by atoms with E-state index >= 15 is 0 Å². The van der Waals surface area contributed by atoms with E-state index in [9.17, 15) is 26.7 Å². The molecular formula is C12H19F5O2. The van der Waals surface area contributed by atoms with E-state index in [4.69, 9.17) is 5.11 Å². The molecule has 19 heavy (non-hydrogen) atoms. The van der Waals surface area contributed by atoms with Gasteiger partial charge in [0.25, 0.3) is 5.92 Å². The predicted molar refractivity (Wildman–Crippen MR) is 60.1 cm³/mol. The van der Waals surface area contributed by atoms with Crippen LogP contribution in [-0.4, -0.2) is 23.2 Å². The van der Waals surface area contributed by atoms with E-state index in [0.29, 0.717) is 12.8 Å². The zero-order valence-electron chi connectivity index (χ0n) is 10.8. The predicted octanol–water partition coefficient (Wildman–Crippen LogP) is 4.64. The fourth-order valence-electron chi connectivity index (χ4n) is 1.81. The highest BCUT2D eigenvalue weighted by Gasteiger charge is 2.44. The van der Waals surface area contributed by atoms with Gasteiger partial charge in [0.2, 0.25) is 0 Å². The van der Waals surface area contributed by atoms with Crippen LogP contribution in [-0.2, 0) is 4.79 Å². The van der Waals surface area contributed by atoms with Gasteiger partial charge in [0.1, 0.15) is 5.92 Å². The molecule has 0 aromatic rings. The summed E-state index contributed by atoms with van der Waals surface area (Å²) in [5.41, 5.74) is 0. The Morgan fingerprint density at radius 1 is 1.05 bits per heavy atom. The Bertz CT molecular complexity index is 276. The van der Waals surface area contributed by atoms with E-state index in [2.05, 4.69) is 0 Å². The largest absolute Gasteiger partial charge is 0.481 e. The normalized spacial score (nSPS) is 14.4. The molecule has 1 unspecified atom stereocenters. The fraction of sp³-hybridized carbons (Fsp3) is 0.917. The van der Waals surface area contributed by atoms with Gasteiger partial charge in [-0.3, -0.25) is 4.79 Å². The number of carbonyl (C=O) groups is 1. The summed E-state index contributed by atoms with van der Waals surface area (Å²) < 4.78 is 62.8. The maximum Gasteiger partial charge on any atom is 0.389 e. The van der Waals surface area contributed by atoms with Crippen LogP contribution in [0.15, 0.2) is 0 Å². The Labute approximate surface area is 109 Å².